The zero-order valence-electron chi connectivity index (χ0n) is 17.7. The minimum Gasteiger partial charge on any atom is -0.394 e. The van der Waals surface area contributed by atoms with E-state index in [2.05, 4.69) is 0 Å². The van der Waals surface area contributed by atoms with Crippen molar-refractivity contribution in [3.63, 3.8) is 0 Å². The second-order valence-electron chi connectivity index (χ2n) is 8.44. The van der Waals surface area contributed by atoms with E-state index in [1.807, 2.05) is 0 Å². The summed E-state index contributed by atoms with van der Waals surface area (Å²) in [6.45, 7) is 1.41. The number of alkyl halides is 3. The van der Waals surface area contributed by atoms with E-state index in [0.717, 1.165) is 24.5 Å². The lowest BCUT2D eigenvalue weighted by Crippen LogP contribution is -2.27. The van der Waals surface area contributed by atoms with Crippen LogP contribution in [0.5, 0.6) is 0 Å². The number of primary amides is 1. The number of aromatic nitrogens is 1. The molecule has 9 heteroatoms. The molecule has 1 aliphatic rings. The molecule has 1 unspecified atom stereocenters. The number of pyridine rings is 1. The average Bonchev–Trinajstić information content (AvgIpc) is 3.58. The van der Waals surface area contributed by atoms with Gasteiger partial charge in [0.1, 0.15) is 5.82 Å². The zero-order valence-corrected chi connectivity index (χ0v) is 17.7. The topological polar surface area (TPSA) is 85.3 Å². The summed E-state index contributed by atoms with van der Waals surface area (Å²) in [4.78, 5) is 25.7. The van der Waals surface area contributed by atoms with Crippen LogP contribution in [0.2, 0.25) is 0 Å². The number of carbonyl (C=O) groups is 1. The van der Waals surface area contributed by atoms with Crippen molar-refractivity contribution in [2.24, 2.45) is 5.73 Å². The fourth-order valence-corrected chi connectivity index (χ4v) is 4.30. The van der Waals surface area contributed by atoms with E-state index in [1.165, 1.54) is 10.8 Å². The molecule has 1 fully saturated rings. The molecule has 1 heterocycles. The molecule has 0 radical (unpaired) electrons. The summed E-state index contributed by atoms with van der Waals surface area (Å²) in [7, 11) is 0. The number of carbonyl (C=O) groups excluding carboxylic acids is 1. The second-order valence-corrected chi connectivity index (χ2v) is 8.44. The standard InChI is InChI=1S/C24H22F4N2O3/c1-12(11-31)30-9-8-16-17(23(30)33)6-5-15(13-2-3-13)21(16)20(22(29)32)14-4-7-18(19(25)10-14)24(26,27)28/h4-10,12-13,20,31H,2-3,11H2,1H3,(H2,29,32)/t12-,20?/m1/s1. The number of fused-ring (bicyclic) bond motifs is 1. The Morgan fingerprint density at radius 2 is 1.88 bits per heavy atom. The van der Waals surface area contributed by atoms with Gasteiger partial charge in [-0.05, 0) is 72.0 Å². The highest BCUT2D eigenvalue weighted by atomic mass is 19.4. The van der Waals surface area contributed by atoms with Gasteiger partial charge in [-0.15, -0.1) is 0 Å². The maximum atomic E-state index is 14.4. The van der Waals surface area contributed by atoms with E-state index in [1.54, 1.807) is 25.1 Å². The van der Waals surface area contributed by atoms with Gasteiger partial charge in [0.05, 0.1) is 24.1 Å². The van der Waals surface area contributed by atoms with Crippen LogP contribution in [-0.2, 0) is 11.0 Å². The highest BCUT2D eigenvalue weighted by Gasteiger charge is 2.36. The summed E-state index contributed by atoms with van der Waals surface area (Å²) < 4.78 is 54.8. The summed E-state index contributed by atoms with van der Waals surface area (Å²) in [5.41, 5.74) is 5.02. The Balaban J connectivity index is 1.98. The number of nitrogens with two attached hydrogens (primary N) is 1. The number of hydrogen-bond donors (Lipinski definition) is 2. The van der Waals surface area contributed by atoms with Crippen LogP contribution in [0.4, 0.5) is 17.6 Å². The number of benzene rings is 2. The Morgan fingerprint density at radius 1 is 1.18 bits per heavy atom. The van der Waals surface area contributed by atoms with Crippen molar-refractivity contribution in [2.75, 3.05) is 6.61 Å². The highest BCUT2D eigenvalue weighted by Crippen LogP contribution is 2.46. The second kappa shape index (κ2) is 8.30. The van der Waals surface area contributed by atoms with E-state index in [-0.39, 0.29) is 29.0 Å². The molecule has 0 bridgehead atoms. The largest absolute Gasteiger partial charge is 0.419 e. The third-order valence-corrected chi connectivity index (χ3v) is 6.15. The van der Waals surface area contributed by atoms with Crippen molar-refractivity contribution in [3.8, 4) is 0 Å². The van der Waals surface area contributed by atoms with Crippen molar-refractivity contribution < 1.29 is 27.5 Å². The Hall–Kier alpha value is -3.20. The number of hydrogen-bond acceptors (Lipinski definition) is 3. The number of halogens is 4. The molecule has 1 amide bonds. The molecule has 2 aromatic carbocycles. The van der Waals surface area contributed by atoms with Crippen molar-refractivity contribution in [1.29, 1.82) is 0 Å². The molecular formula is C24H22F4N2O3. The average molecular weight is 462 g/mol. The lowest BCUT2D eigenvalue weighted by atomic mass is 9.82. The molecule has 1 saturated carbocycles. The minimum atomic E-state index is -4.88. The van der Waals surface area contributed by atoms with Crippen LogP contribution in [-0.4, -0.2) is 22.2 Å². The van der Waals surface area contributed by atoms with E-state index in [4.69, 9.17) is 5.73 Å². The van der Waals surface area contributed by atoms with Crippen LogP contribution < -0.4 is 11.3 Å². The van der Waals surface area contributed by atoms with Gasteiger partial charge in [0.2, 0.25) is 5.91 Å². The smallest absolute Gasteiger partial charge is 0.394 e. The quantitative estimate of drug-likeness (QED) is 0.539. The molecule has 0 saturated heterocycles. The molecule has 3 N–H and O–H groups in total. The Bertz CT molecular complexity index is 1300. The molecule has 4 rings (SSSR count). The van der Waals surface area contributed by atoms with Gasteiger partial charge in [0.15, 0.2) is 0 Å². The molecule has 174 valence electrons. The van der Waals surface area contributed by atoms with Crippen LogP contribution in [0, 0.1) is 5.82 Å². The van der Waals surface area contributed by atoms with Gasteiger partial charge in [0, 0.05) is 11.6 Å². The van der Waals surface area contributed by atoms with Gasteiger partial charge in [-0.2, -0.15) is 13.2 Å². The molecule has 2 atom stereocenters. The monoisotopic (exact) mass is 462 g/mol. The number of aliphatic hydroxyl groups is 1. The third kappa shape index (κ3) is 4.13. The molecule has 5 nitrogen and oxygen atoms in total. The first-order chi connectivity index (χ1) is 15.5. The van der Waals surface area contributed by atoms with Crippen molar-refractivity contribution >= 4 is 16.7 Å². The number of amides is 1. The van der Waals surface area contributed by atoms with Crippen LogP contribution in [0.25, 0.3) is 10.8 Å². The fraction of sp³-hybridized carbons (Fsp3) is 0.333. The first-order valence-electron chi connectivity index (χ1n) is 10.5. The van der Waals surface area contributed by atoms with Crippen LogP contribution in [0.1, 0.15) is 59.9 Å². The van der Waals surface area contributed by atoms with E-state index in [0.29, 0.717) is 23.1 Å². The zero-order chi connectivity index (χ0) is 24.1. The molecule has 3 aromatic rings. The summed E-state index contributed by atoms with van der Waals surface area (Å²) >= 11 is 0. The van der Waals surface area contributed by atoms with E-state index < -0.39 is 35.4 Å². The Labute approximate surface area is 186 Å². The van der Waals surface area contributed by atoms with Gasteiger partial charge in [-0.1, -0.05) is 12.1 Å². The molecule has 0 spiro atoms. The molecule has 33 heavy (non-hydrogen) atoms. The minimum absolute atomic E-state index is 0.0182. The highest BCUT2D eigenvalue weighted by molar-refractivity contribution is 5.95. The van der Waals surface area contributed by atoms with Crippen LogP contribution >= 0.6 is 0 Å². The molecule has 1 aromatic heterocycles. The van der Waals surface area contributed by atoms with Gasteiger partial charge < -0.3 is 15.4 Å². The SMILES string of the molecule is C[C@H](CO)n1ccc2c(C(C(N)=O)c3ccc(C(F)(F)F)c(F)c3)c(C3CC3)ccc2c1=O. The van der Waals surface area contributed by atoms with Crippen LogP contribution in [0.3, 0.4) is 0 Å². The molecular weight excluding hydrogens is 440 g/mol. The normalized spacial score (nSPS) is 16.1. The molecule has 1 aliphatic carbocycles. The van der Waals surface area contributed by atoms with Crippen molar-refractivity contribution in [1.82, 2.24) is 4.57 Å². The van der Waals surface area contributed by atoms with Gasteiger partial charge >= 0.3 is 6.18 Å². The summed E-state index contributed by atoms with van der Waals surface area (Å²) in [5, 5.41) is 10.1. The van der Waals surface area contributed by atoms with Crippen LogP contribution in [0.15, 0.2) is 47.4 Å². The molecule has 0 aliphatic heterocycles. The van der Waals surface area contributed by atoms with Gasteiger partial charge in [-0.25, -0.2) is 4.39 Å². The Kier molecular flexibility index (Phi) is 5.78. The van der Waals surface area contributed by atoms with E-state index >= 15 is 0 Å². The predicted octanol–water partition coefficient (Wildman–Crippen LogP) is 4.21. The Morgan fingerprint density at radius 3 is 2.42 bits per heavy atom. The lowest BCUT2D eigenvalue weighted by Gasteiger charge is -2.22. The fourth-order valence-electron chi connectivity index (χ4n) is 4.30. The predicted molar refractivity (Wildman–Crippen MR) is 114 cm³/mol. The lowest BCUT2D eigenvalue weighted by molar-refractivity contribution is -0.140. The first kappa shape index (κ1) is 23.0. The van der Waals surface area contributed by atoms with Crippen molar-refractivity contribution in [2.45, 2.75) is 43.8 Å². The van der Waals surface area contributed by atoms with Gasteiger partial charge in [0.25, 0.3) is 5.56 Å². The maximum Gasteiger partial charge on any atom is 0.419 e. The number of rotatable bonds is 6. The number of aliphatic hydroxyl groups excluding tert-OH is 1. The summed E-state index contributed by atoms with van der Waals surface area (Å²) in [6, 6.07) is 6.83. The number of nitrogens with zero attached hydrogens (tertiary/aromatic N) is 1. The summed E-state index contributed by atoms with van der Waals surface area (Å²) in [6.07, 6.45) is -1.68. The van der Waals surface area contributed by atoms with Crippen molar-refractivity contribution in [3.05, 3.63) is 81.0 Å². The van der Waals surface area contributed by atoms with E-state index in [9.17, 15) is 32.3 Å². The third-order valence-electron chi connectivity index (χ3n) is 6.15. The maximum absolute atomic E-state index is 14.4. The van der Waals surface area contributed by atoms with Gasteiger partial charge in [-0.3, -0.25) is 9.59 Å². The first-order valence-corrected chi connectivity index (χ1v) is 10.5. The summed E-state index contributed by atoms with van der Waals surface area (Å²) in [5.74, 6) is -3.49.